The van der Waals surface area contributed by atoms with E-state index in [-0.39, 0.29) is 5.91 Å². The Balaban J connectivity index is 1.75. The number of benzene rings is 1. The van der Waals surface area contributed by atoms with Crippen LogP contribution in [0.25, 0.3) is 16.3 Å². The summed E-state index contributed by atoms with van der Waals surface area (Å²) in [5.74, 6) is 0.279. The molecule has 0 aliphatic heterocycles. The number of carbonyl (C=O) groups excluding carboxylic acids is 1. The minimum Gasteiger partial charge on any atom is -0.306 e. The van der Waals surface area contributed by atoms with Crippen LogP contribution in [0.2, 0.25) is 0 Å². The first-order valence-corrected chi connectivity index (χ1v) is 8.60. The van der Waals surface area contributed by atoms with Gasteiger partial charge in [0.1, 0.15) is 11.5 Å². The minimum atomic E-state index is -0.232. The van der Waals surface area contributed by atoms with E-state index < -0.39 is 0 Å². The molecule has 0 atom stereocenters. The number of rotatable bonds is 4. The molecule has 0 fully saturated rings. The van der Waals surface area contributed by atoms with Crippen molar-refractivity contribution in [2.24, 2.45) is 0 Å². The van der Waals surface area contributed by atoms with E-state index in [9.17, 15) is 4.79 Å². The fraction of sp³-hybridized carbons (Fsp3) is 0. The average molecular weight is 346 g/mol. The van der Waals surface area contributed by atoms with Crippen LogP contribution in [0.3, 0.4) is 0 Å². The molecule has 4 rings (SSSR count). The molecule has 5 nitrogen and oxygen atoms in total. The van der Waals surface area contributed by atoms with Crippen LogP contribution in [0.4, 0.5) is 5.82 Å². The van der Waals surface area contributed by atoms with Crippen LogP contribution in [0.15, 0.2) is 78.4 Å². The number of hydrogen-bond donors (Lipinski definition) is 1. The van der Waals surface area contributed by atoms with E-state index >= 15 is 0 Å². The first kappa shape index (κ1) is 15.3. The van der Waals surface area contributed by atoms with E-state index in [0.717, 1.165) is 10.6 Å². The SMILES string of the molecule is O=C(Nc1ccccn1)c1cn(-c2ccccc2)nc1-c1cccs1. The van der Waals surface area contributed by atoms with Gasteiger partial charge in [-0.15, -0.1) is 11.3 Å². The lowest BCUT2D eigenvalue weighted by Crippen LogP contribution is -2.13. The van der Waals surface area contributed by atoms with Gasteiger partial charge in [-0.2, -0.15) is 5.10 Å². The molecule has 4 aromatic rings. The third-order valence-electron chi connectivity index (χ3n) is 3.64. The van der Waals surface area contributed by atoms with Crippen molar-refractivity contribution in [3.63, 3.8) is 0 Å². The van der Waals surface area contributed by atoms with Crippen LogP contribution < -0.4 is 5.32 Å². The van der Waals surface area contributed by atoms with Crippen molar-refractivity contribution in [3.8, 4) is 16.3 Å². The first-order chi connectivity index (χ1) is 12.3. The highest BCUT2D eigenvalue weighted by atomic mass is 32.1. The Labute approximate surface area is 148 Å². The van der Waals surface area contributed by atoms with Crippen molar-refractivity contribution in [1.29, 1.82) is 0 Å². The van der Waals surface area contributed by atoms with Gasteiger partial charge in [-0.05, 0) is 35.7 Å². The van der Waals surface area contributed by atoms with E-state index in [4.69, 9.17) is 0 Å². The summed E-state index contributed by atoms with van der Waals surface area (Å²) in [5, 5.41) is 9.43. The van der Waals surface area contributed by atoms with Gasteiger partial charge in [-0.3, -0.25) is 4.79 Å². The topological polar surface area (TPSA) is 59.8 Å². The smallest absolute Gasteiger partial charge is 0.260 e. The quantitative estimate of drug-likeness (QED) is 0.601. The van der Waals surface area contributed by atoms with Crippen LogP contribution in [-0.4, -0.2) is 20.7 Å². The summed E-state index contributed by atoms with van der Waals surface area (Å²) < 4.78 is 1.72. The third kappa shape index (κ3) is 3.20. The van der Waals surface area contributed by atoms with Crippen molar-refractivity contribution < 1.29 is 4.79 Å². The van der Waals surface area contributed by atoms with Gasteiger partial charge in [0, 0.05) is 12.4 Å². The predicted octanol–water partition coefficient (Wildman–Crippen LogP) is 4.25. The van der Waals surface area contributed by atoms with Crippen LogP contribution in [0.5, 0.6) is 0 Å². The molecular weight excluding hydrogens is 332 g/mol. The number of hydrogen-bond acceptors (Lipinski definition) is 4. The second-order valence-corrected chi connectivity index (χ2v) is 6.27. The van der Waals surface area contributed by atoms with Crippen LogP contribution in [0, 0.1) is 0 Å². The molecule has 0 saturated carbocycles. The Kier molecular flexibility index (Phi) is 4.10. The Morgan fingerprint density at radius 1 is 1.00 bits per heavy atom. The molecule has 3 aromatic heterocycles. The zero-order valence-electron chi connectivity index (χ0n) is 13.2. The lowest BCUT2D eigenvalue weighted by molar-refractivity contribution is 0.102. The molecule has 0 spiro atoms. The molecule has 122 valence electrons. The fourth-order valence-corrected chi connectivity index (χ4v) is 3.19. The van der Waals surface area contributed by atoms with Gasteiger partial charge in [0.25, 0.3) is 5.91 Å². The van der Waals surface area contributed by atoms with Crippen molar-refractivity contribution in [1.82, 2.24) is 14.8 Å². The maximum atomic E-state index is 12.8. The highest BCUT2D eigenvalue weighted by molar-refractivity contribution is 7.13. The molecule has 0 radical (unpaired) electrons. The van der Waals surface area contributed by atoms with Gasteiger partial charge >= 0.3 is 0 Å². The van der Waals surface area contributed by atoms with Gasteiger partial charge in [0.05, 0.1) is 16.1 Å². The first-order valence-electron chi connectivity index (χ1n) is 7.72. The van der Waals surface area contributed by atoms with Gasteiger partial charge in [0.15, 0.2) is 0 Å². The molecule has 1 N–H and O–H groups in total. The van der Waals surface area contributed by atoms with E-state index in [1.54, 1.807) is 40.5 Å². The predicted molar refractivity (Wildman–Crippen MR) is 99.1 cm³/mol. The summed E-state index contributed by atoms with van der Waals surface area (Å²) in [6.45, 7) is 0. The Morgan fingerprint density at radius 2 is 1.84 bits per heavy atom. The number of aromatic nitrogens is 3. The molecule has 25 heavy (non-hydrogen) atoms. The van der Waals surface area contributed by atoms with Gasteiger partial charge in [-0.25, -0.2) is 9.67 Å². The van der Waals surface area contributed by atoms with Crippen molar-refractivity contribution in [3.05, 3.63) is 84.0 Å². The minimum absolute atomic E-state index is 0.232. The lowest BCUT2D eigenvalue weighted by atomic mass is 10.2. The highest BCUT2D eigenvalue weighted by Gasteiger charge is 2.19. The second-order valence-electron chi connectivity index (χ2n) is 5.32. The number of pyridine rings is 1. The molecule has 0 bridgehead atoms. The van der Waals surface area contributed by atoms with Gasteiger partial charge < -0.3 is 5.32 Å². The Bertz CT molecular complexity index is 979. The molecule has 0 aliphatic rings. The molecule has 1 aromatic carbocycles. The zero-order valence-corrected chi connectivity index (χ0v) is 14.0. The summed E-state index contributed by atoms with van der Waals surface area (Å²) in [6, 6.07) is 19.0. The van der Waals surface area contributed by atoms with Crippen molar-refractivity contribution >= 4 is 23.1 Å². The number of thiophene rings is 1. The third-order valence-corrected chi connectivity index (χ3v) is 4.52. The molecule has 3 heterocycles. The summed E-state index contributed by atoms with van der Waals surface area (Å²) in [4.78, 5) is 17.9. The summed E-state index contributed by atoms with van der Waals surface area (Å²) in [7, 11) is 0. The standard InChI is InChI=1S/C19H14N4OS/c24-19(21-17-10-4-5-11-20-17)15-13-23(14-7-2-1-3-8-14)22-18(15)16-9-6-12-25-16/h1-13H,(H,20,21,24). The molecule has 0 unspecified atom stereocenters. The Morgan fingerprint density at radius 3 is 2.56 bits per heavy atom. The number of para-hydroxylation sites is 1. The molecule has 1 amide bonds. The van der Waals surface area contributed by atoms with Gasteiger partial charge in [0.2, 0.25) is 0 Å². The number of amides is 1. The van der Waals surface area contributed by atoms with Gasteiger partial charge in [-0.1, -0.05) is 30.3 Å². The van der Waals surface area contributed by atoms with Crippen molar-refractivity contribution in [2.75, 3.05) is 5.32 Å². The number of anilines is 1. The lowest BCUT2D eigenvalue weighted by Gasteiger charge is -2.03. The van der Waals surface area contributed by atoms with Crippen LogP contribution in [0.1, 0.15) is 10.4 Å². The second kappa shape index (κ2) is 6.70. The van der Waals surface area contributed by atoms with E-state index in [0.29, 0.717) is 17.1 Å². The van der Waals surface area contributed by atoms with Crippen LogP contribution >= 0.6 is 11.3 Å². The number of nitrogens with one attached hydrogen (secondary N) is 1. The zero-order chi connectivity index (χ0) is 17.1. The number of nitrogens with zero attached hydrogens (tertiary/aromatic N) is 3. The maximum Gasteiger partial charge on any atom is 0.260 e. The molecule has 6 heteroatoms. The monoisotopic (exact) mass is 346 g/mol. The molecule has 0 saturated heterocycles. The van der Waals surface area contributed by atoms with E-state index in [1.165, 1.54) is 0 Å². The van der Waals surface area contributed by atoms with E-state index in [2.05, 4.69) is 15.4 Å². The van der Waals surface area contributed by atoms with Crippen LogP contribution in [-0.2, 0) is 0 Å². The number of carbonyl (C=O) groups is 1. The largest absolute Gasteiger partial charge is 0.306 e. The summed E-state index contributed by atoms with van der Waals surface area (Å²) in [5.41, 5.74) is 2.07. The summed E-state index contributed by atoms with van der Waals surface area (Å²) in [6.07, 6.45) is 3.39. The average Bonchev–Trinajstić information content (AvgIpc) is 3.33. The maximum absolute atomic E-state index is 12.8. The normalized spacial score (nSPS) is 10.6. The van der Waals surface area contributed by atoms with Crippen molar-refractivity contribution in [2.45, 2.75) is 0 Å². The molecular formula is C19H14N4OS. The fourth-order valence-electron chi connectivity index (χ4n) is 2.47. The molecule has 0 aliphatic carbocycles. The summed E-state index contributed by atoms with van der Waals surface area (Å²) >= 11 is 1.55. The van der Waals surface area contributed by atoms with E-state index in [1.807, 2.05) is 53.9 Å². The Hall–Kier alpha value is -3.25. The highest BCUT2D eigenvalue weighted by Crippen LogP contribution is 2.28.